The summed E-state index contributed by atoms with van der Waals surface area (Å²) in [6.45, 7) is 2.00. The molecule has 1 aromatic heterocycles. The SMILES string of the molecule is O=C(CCN1CCCCCC1=O)NCCCc1nc2ccccc2s1. The van der Waals surface area contributed by atoms with Gasteiger partial charge in [0.2, 0.25) is 11.8 Å². The van der Waals surface area contributed by atoms with Crippen molar-refractivity contribution in [3.63, 3.8) is 0 Å². The first-order valence-corrected chi connectivity index (χ1v) is 9.93. The molecule has 1 aliphatic rings. The molecule has 2 amide bonds. The van der Waals surface area contributed by atoms with Crippen molar-refractivity contribution in [3.05, 3.63) is 29.3 Å². The van der Waals surface area contributed by atoms with Gasteiger partial charge in [0.05, 0.1) is 15.2 Å². The smallest absolute Gasteiger partial charge is 0.222 e. The van der Waals surface area contributed by atoms with Crippen molar-refractivity contribution in [1.29, 1.82) is 0 Å². The second kappa shape index (κ2) is 8.94. The summed E-state index contributed by atoms with van der Waals surface area (Å²) in [5.41, 5.74) is 1.05. The molecule has 0 atom stereocenters. The Balaban J connectivity index is 1.34. The molecule has 5 nitrogen and oxygen atoms in total. The van der Waals surface area contributed by atoms with Gasteiger partial charge in [0.25, 0.3) is 0 Å². The van der Waals surface area contributed by atoms with Crippen LogP contribution in [0.15, 0.2) is 24.3 Å². The van der Waals surface area contributed by atoms with Crippen LogP contribution >= 0.6 is 11.3 Å². The number of fused-ring (bicyclic) bond motifs is 1. The molecule has 3 rings (SSSR count). The molecule has 134 valence electrons. The number of aromatic nitrogens is 1. The maximum atomic E-state index is 12.0. The number of hydrogen-bond donors (Lipinski definition) is 1. The first kappa shape index (κ1) is 17.9. The number of aryl methyl sites for hydroxylation is 1. The number of para-hydroxylation sites is 1. The summed E-state index contributed by atoms with van der Waals surface area (Å²) < 4.78 is 1.21. The fourth-order valence-corrected chi connectivity index (χ4v) is 4.10. The molecule has 1 N–H and O–H groups in total. The number of nitrogens with zero attached hydrogens (tertiary/aromatic N) is 2. The summed E-state index contributed by atoms with van der Waals surface area (Å²) in [5.74, 6) is 0.225. The van der Waals surface area contributed by atoms with E-state index in [1.54, 1.807) is 11.3 Å². The maximum absolute atomic E-state index is 12.0. The largest absolute Gasteiger partial charge is 0.356 e. The van der Waals surface area contributed by atoms with E-state index in [0.717, 1.165) is 49.2 Å². The van der Waals surface area contributed by atoms with E-state index in [4.69, 9.17) is 0 Å². The van der Waals surface area contributed by atoms with Crippen LogP contribution in [-0.2, 0) is 16.0 Å². The summed E-state index contributed by atoms with van der Waals surface area (Å²) in [6, 6.07) is 8.14. The lowest BCUT2D eigenvalue weighted by molar-refractivity contribution is -0.131. The van der Waals surface area contributed by atoms with Gasteiger partial charge in [-0.05, 0) is 31.4 Å². The van der Waals surface area contributed by atoms with Crippen molar-refractivity contribution in [3.8, 4) is 0 Å². The molecule has 1 aromatic carbocycles. The highest BCUT2D eigenvalue weighted by Crippen LogP contribution is 2.22. The van der Waals surface area contributed by atoms with Crippen molar-refractivity contribution in [1.82, 2.24) is 15.2 Å². The molecule has 2 aromatic rings. The monoisotopic (exact) mass is 359 g/mol. The Morgan fingerprint density at radius 3 is 3.00 bits per heavy atom. The van der Waals surface area contributed by atoms with Crippen molar-refractivity contribution < 1.29 is 9.59 Å². The number of amides is 2. The number of carbonyl (C=O) groups is 2. The van der Waals surface area contributed by atoms with E-state index in [0.29, 0.717) is 25.9 Å². The number of carbonyl (C=O) groups excluding carboxylic acids is 2. The topological polar surface area (TPSA) is 62.3 Å². The Kier molecular flexibility index (Phi) is 6.39. The number of hydrogen-bond acceptors (Lipinski definition) is 4. The summed E-state index contributed by atoms with van der Waals surface area (Å²) >= 11 is 1.72. The van der Waals surface area contributed by atoms with Gasteiger partial charge in [0.15, 0.2) is 0 Å². The van der Waals surface area contributed by atoms with Gasteiger partial charge in [-0.1, -0.05) is 18.6 Å². The Morgan fingerprint density at radius 1 is 1.24 bits per heavy atom. The van der Waals surface area contributed by atoms with Crippen molar-refractivity contribution in [2.24, 2.45) is 0 Å². The van der Waals surface area contributed by atoms with E-state index < -0.39 is 0 Å². The quantitative estimate of drug-likeness (QED) is 0.773. The molecule has 0 bridgehead atoms. The average Bonchev–Trinajstić information content (AvgIpc) is 2.92. The molecule has 0 aliphatic carbocycles. The van der Waals surface area contributed by atoms with E-state index in [1.165, 1.54) is 4.70 Å². The molecule has 25 heavy (non-hydrogen) atoms. The highest BCUT2D eigenvalue weighted by atomic mass is 32.1. The van der Waals surface area contributed by atoms with Crippen LogP contribution in [-0.4, -0.2) is 41.3 Å². The second-order valence-electron chi connectivity index (χ2n) is 6.47. The van der Waals surface area contributed by atoms with Crippen LogP contribution in [0.2, 0.25) is 0 Å². The highest BCUT2D eigenvalue weighted by Gasteiger charge is 2.17. The molecular formula is C19H25N3O2S. The van der Waals surface area contributed by atoms with Crippen LogP contribution in [0.25, 0.3) is 10.2 Å². The van der Waals surface area contributed by atoms with E-state index in [9.17, 15) is 9.59 Å². The van der Waals surface area contributed by atoms with Crippen LogP contribution in [0, 0.1) is 0 Å². The third-order valence-electron chi connectivity index (χ3n) is 4.51. The van der Waals surface area contributed by atoms with Crippen molar-refractivity contribution in [2.75, 3.05) is 19.6 Å². The standard InChI is InChI=1S/C19H25N3O2S/c23-17(11-14-22-13-5-1-2-10-19(22)24)20-12-6-9-18-21-15-7-3-4-8-16(15)25-18/h3-4,7-8H,1-2,5-6,9-14H2,(H,20,23). The minimum absolute atomic E-state index is 0.0290. The minimum Gasteiger partial charge on any atom is -0.356 e. The number of rotatable bonds is 7. The minimum atomic E-state index is 0.0290. The van der Waals surface area contributed by atoms with Gasteiger partial charge in [0.1, 0.15) is 0 Å². The second-order valence-corrected chi connectivity index (χ2v) is 7.59. The maximum Gasteiger partial charge on any atom is 0.222 e. The average molecular weight is 359 g/mol. The van der Waals surface area contributed by atoms with Crippen LogP contribution in [0.3, 0.4) is 0 Å². The zero-order valence-electron chi connectivity index (χ0n) is 14.5. The summed E-state index contributed by atoms with van der Waals surface area (Å²) in [6.07, 6.45) is 5.93. The van der Waals surface area contributed by atoms with Gasteiger partial charge in [-0.3, -0.25) is 9.59 Å². The van der Waals surface area contributed by atoms with Crippen LogP contribution in [0.4, 0.5) is 0 Å². The van der Waals surface area contributed by atoms with E-state index >= 15 is 0 Å². The normalized spacial score (nSPS) is 15.4. The van der Waals surface area contributed by atoms with Crippen LogP contribution in [0.5, 0.6) is 0 Å². The molecule has 0 spiro atoms. The zero-order chi connectivity index (χ0) is 17.5. The van der Waals surface area contributed by atoms with Crippen LogP contribution in [0.1, 0.15) is 43.5 Å². The van der Waals surface area contributed by atoms with E-state index in [-0.39, 0.29) is 11.8 Å². The van der Waals surface area contributed by atoms with E-state index in [2.05, 4.69) is 16.4 Å². The van der Waals surface area contributed by atoms with Gasteiger partial charge in [-0.15, -0.1) is 11.3 Å². The van der Waals surface area contributed by atoms with Gasteiger partial charge in [-0.25, -0.2) is 4.98 Å². The Hall–Kier alpha value is -1.95. The highest BCUT2D eigenvalue weighted by molar-refractivity contribution is 7.18. The Morgan fingerprint density at radius 2 is 2.12 bits per heavy atom. The van der Waals surface area contributed by atoms with Gasteiger partial charge >= 0.3 is 0 Å². The van der Waals surface area contributed by atoms with Gasteiger partial charge < -0.3 is 10.2 Å². The fourth-order valence-electron chi connectivity index (χ4n) is 3.09. The van der Waals surface area contributed by atoms with Crippen molar-refractivity contribution >= 4 is 33.4 Å². The molecular weight excluding hydrogens is 334 g/mol. The zero-order valence-corrected chi connectivity index (χ0v) is 15.3. The molecule has 6 heteroatoms. The van der Waals surface area contributed by atoms with Crippen molar-refractivity contribution in [2.45, 2.75) is 44.9 Å². The number of benzene rings is 1. The predicted octanol–water partition coefficient (Wildman–Crippen LogP) is 3.14. The lowest BCUT2D eigenvalue weighted by Crippen LogP contribution is -2.35. The fraction of sp³-hybridized carbons (Fsp3) is 0.526. The summed E-state index contributed by atoms with van der Waals surface area (Å²) in [7, 11) is 0. The third kappa shape index (κ3) is 5.26. The Labute approximate surface area is 152 Å². The number of nitrogens with one attached hydrogen (secondary N) is 1. The first-order valence-electron chi connectivity index (χ1n) is 9.11. The third-order valence-corrected chi connectivity index (χ3v) is 5.60. The lowest BCUT2D eigenvalue weighted by Gasteiger charge is -2.20. The molecule has 1 saturated heterocycles. The number of likely N-dealkylation sites (tertiary alicyclic amines) is 1. The molecule has 1 fully saturated rings. The van der Waals surface area contributed by atoms with Gasteiger partial charge in [-0.2, -0.15) is 0 Å². The summed E-state index contributed by atoms with van der Waals surface area (Å²) in [4.78, 5) is 30.3. The first-order chi connectivity index (χ1) is 12.2. The predicted molar refractivity (Wildman–Crippen MR) is 101 cm³/mol. The molecule has 2 heterocycles. The molecule has 1 aliphatic heterocycles. The molecule has 0 saturated carbocycles. The Bertz CT molecular complexity index is 695. The molecule has 0 unspecified atom stereocenters. The van der Waals surface area contributed by atoms with E-state index in [1.807, 2.05) is 23.1 Å². The van der Waals surface area contributed by atoms with Gasteiger partial charge in [0, 0.05) is 38.9 Å². The molecule has 0 radical (unpaired) electrons. The summed E-state index contributed by atoms with van der Waals surface area (Å²) in [5, 5.41) is 4.07. The number of thiazole rings is 1. The van der Waals surface area contributed by atoms with Crippen LogP contribution < -0.4 is 5.32 Å². The lowest BCUT2D eigenvalue weighted by atomic mass is 10.2.